The molecule has 3 rings (SSSR count). The van der Waals surface area contributed by atoms with E-state index < -0.39 is 0 Å². The van der Waals surface area contributed by atoms with E-state index in [1.165, 1.54) is 11.1 Å². The Morgan fingerprint density at radius 2 is 1.86 bits per heavy atom. The molecule has 22 heavy (non-hydrogen) atoms. The third kappa shape index (κ3) is 3.93. The molecule has 4 nitrogen and oxygen atoms in total. The van der Waals surface area contributed by atoms with Crippen molar-refractivity contribution < 1.29 is 4.79 Å². The summed E-state index contributed by atoms with van der Waals surface area (Å²) >= 11 is 0. The van der Waals surface area contributed by atoms with E-state index in [-0.39, 0.29) is 48.7 Å². The van der Waals surface area contributed by atoms with Gasteiger partial charge in [0.05, 0.1) is 12.1 Å². The lowest BCUT2D eigenvalue weighted by molar-refractivity contribution is -0.127. The molecule has 0 unspecified atom stereocenters. The monoisotopic (exact) mass is 345 g/mol. The zero-order chi connectivity index (χ0) is 14.1. The van der Waals surface area contributed by atoms with Crippen LogP contribution in [0.2, 0.25) is 0 Å². The topological polar surface area (TPSA) is 58.4 Å². The molecule has 124 valence electrons. The van der Waals surface area contributed by atoms with E-state index in [2.05, 4.69) is 29.4 Å². The number of hydrogen-bond acceptors (Lipinski definition) is 3. The molecule has 0 radical (unpaired) electrons. The number of rotatable bonds is 2. The van der Waals surface area contributed by atoms with Gasteiger partial charge < -0.3 is 16.0 Å². The molecule has 2 atom stereocenters. The molecule has 1 fully saturated rings. The lowest BCUT2D eigenvalue weighted by Gasteiger charge is -2.29. The van der Waals surface area contributed by atoms with Gasteiger partial charge in [-0.15, -0.1) is 24.8 Å². The van der Waals surface area contributed by atoms with E-state index in [9.17, 15) is 4.79 Å². The molecular formula is C16H25Cl2N3O. The Morgan fingerprint density at radius 1 is 1.23 bits per heavy atom. The molecule has 0 aromatic heterocycles. The summed E-state index contributed by atoms with van der Waals surface area (Å²) in [7, 11) is 2.11. The van der Waals surface area contributed by atoms with Crippen LogP contribution in [0.1, 0.15) is 30.0 Å². The van der Waals surface area contributed by atoms with E-state index in [4.69, 9.17) is 5.73 Å². The van der Waals surface area contributed by atoms with Crippen molar-refractivity contribution in [3.05, 3.63) is 35.4 Å². The fourth-order valence-electron chi connectivity index (χ4n) is 3.34. The Kier molecular flexibility index (Phi) is 7.13. The van der Waals surface area contributed by atoms with Crippen molar-refractivity contribution in [3.63, 3.8) is 0 Å². The largest absolute Gasteiger partial charge is 0.351 e. The number of halogens is 2. The van der Waals surface area contributed by atoms with E-state index in [0.717, 1.165) is 32.4 Å². The highest BCUT2D eigenvalue weighted by Gasteiger charge is 2.32. The Labute approximate surface area is 144 Å². The maximum Gasteiger partial charge on any atom is 0.223 e. The summed E-state index contributed by atoms with van der Waals surface area (Å²) in [6.07, 6.45) is 2.77. The number of nitrogens with one attached hydrogen (secondary N) is 1. The van der Waals surface area contributed by atoms with Gasteiger partial charge in [0.25, 0.3) is 0 Å². The zero-order valence-corrected chi connectivity index (χ0v) is 14.5. The first-order valence-electron chi connectivity index (χ1n) is 7.47. The molecule has 0 spiro atoms. The van der Waals surface area contributed by atoms with Gasteiger partial charge in [0.2, 0.25) is 5.91 Å². The molecule has 1 saturated heterocycles. The Hall–Kier alpha value is -0.810. The fraction of sp³-hybridized carbons (Fsp3) is 0.562. The average Bonchev–Trinajstić information content (AvgIpc) is 2.77. The molecule has 0 saturated carbocycles. The summed E-state index contributed by atoms with van der Waals surface area (Å²) < 4.78 is 0. The summed E-state index contributed by atoms with van der Waals surface area (Å²) in [5, 5.41) is 3.18. The first-order valence-corrected chi connectivity index (χ1v) is 7.47. The number of nitrogens with two attached hydrogens (primary N) is 1. The summed E-state index contributed by atoms with van der Waals surface area (Å²) in [6.45, 7) is 2.02. The van der Waals surface area contributed by atoms with Gasteiger partial charge in [0.15, 0.2) is 0 Å². The number of piperidine rings is 1. The van der Waals surface area contributed by atoms with Crippen molar-refractivity contribution in [1.82, 2.24) is 10.2 Å². The lowest BCUT2D eigenvalue weighted by atomic mass is 9.95. The Bertz CT molecular complexity index is 504. The van der Waals surface area contributed by atoms with E-state index in [1.54, 1.807) is 0 Å². The summed E-state index contributed by atoms with van der Waals surface area (Å²) in [5.41, 5.74) is 8.72. The number of carbonyl (C=O) groups is 1. The minimum Gasteiger partial charge on any atom is -0.351 e. The number of carbonyl (C=O) groups excluding carboxylic acids is 1. The van der Waals surface area contributed by atoms with Crippen molar-refractivity contribution in [3.8, 4) is 0 Å². The van der Waals surface area contributed by atoms with Gasteiger partial charge in [-0.25, -0.2) is 0 Å². The fourth-order valence-corrected chi connectivity index (χ4v) is 3.34. The molecule has 1 amide bonds. The predicted octanol–water partition coefficient (Wildman–Crippen LogP) is 1.91. The number of hydrogen-bond donors (Lipinski definition) is 2. The van der Waals surface area contributed by atoms with Gasteiger partial charge in [0, 0.05) is 5.92 Å². The molecule has 0 bridgehead atoms. The molecule has 1 aliphatic carbocycles. The van der Waals surface area contributed by atoms with Crippen LogP contribution in [0.15, 0.2) is 24.3 Å². The molecule has 1 heterocycles. The number of benzene rings is 1. The first-order chi connectivity index (χ1) is 9.65. The number of likely N-dealkylation sites (tertiary alicyclic amines) is 1. The molecule has 1 aromatic rings. The second-order valence-electron chi connectivity index (χ2n) is 6.12. The van der Waals surface area contributed by atoms with Crippen molar-refractivity contribution in [2.24, 2.45) is 11.7 Å². The highest BCUT2D eigenvalue weighted by Crippen LogP contribution is 2.29. The van der Waals surface area contributed by atoms with Crippen molar-refractivity contribution in [2.45, 2.75) is 31.3 Å². The second-order valence-corrected chi connectivity index (χ2v) is 6.12. The maximum absolute atomic E-state index is 12.4. The summed E-state index contributed by atoms with van der Waals surface area (Å²) in [5.74, 6) is 0.341. The van der Waals surface area contributed by atoms with Crippen molar-refractivity contribution >= 4 is 30.7 Å². The Balaban J connectivity index is 0.00000121. The van der Waals surface area contributed by atoms with Crippen molar-refractivity contribution in [1.29, 1.82) is 0 Å². The van der Waals surface area contributed by atoms with Gasteiger partial charge in [0.1, 0.15) is 0 Å². The minimum atomic E-state index is -0.0681. The summed E-state index contributed by atoms with van der Waals surface area (Å²) in [6, 6.07) is 8.21. The maximum atomic E-state index is 12.4. The van der Waals surface area contributed by atoms with Crippen LogP contribution in [0, 0.1) is 5.92 Å². The van der Waals surface area contributed by atoms with Crippen LogP contribution in [-0.2, 0) is 11.2 Å². The summed E-state index contributed by atoms with van der Waals surface area (Å²) in [4.78, 5) is 14.7. The zero-order valence-electron chi connectivity index (χ0n) is 12.8. The minimum absolute atomic E-state index is 0. The van der Waals surface area contributed by atoms with Gasteiger partial charge in [-0.2, -0.15) is 0 Å². The van der Waals surface area contributed by atoms with Crippen LogP contribution < -0.4 is 11.1 Å². The van der Waals surface area contributed by atoms with Crippen LogP contribution in [0.3, 0.4) is 0 Å². The van der Waals surface area contributed by atoms with Crippen LogP contribution in [0.4, 0.5) is 0 Å². The average molecular weight is 346 g/mol. The number of amides is 1. The first kappa shape index (κ1) is 19.2. The molecule has 1 aromatic carbocycles. The Morgan fingerprint density at radius 3 is 2.50 bits per heavy atom. The molecular weight excluding hydrogens is 321 g/mol. The predicted molar refractivity (Wildman–Crippen MR) is 93.7 cm³/mol. The third-order valence-electron chi connectivity index (χ3n) is 4.70. The second kappa shape index (κ2) is 8.16. The number of nitrogens with zero attached hydrogens (tertiary/aromatic N) is 1. The van der Waals surface area contributed by atoms with Gasteiger partial charge in [-0.3, -0.25) is 4.79 Å². The highest BCUT2D eigenvalue weighted by molar-refractivity contribution is 5.85. The van der Waals surface area contributed by atoms with E-state index in [0.29, 0.717) is 0 Å². The van der Waals surface area contributed by atoms with Crippen molar-refractivity contribution in [2.75, 3.05) is 20.1 Å². The van der Waals surface area contributed by atoms with Crippen LogP contribution in [0.25, 0.3) is 0 Å². The van der Waals surface area contributed by atoms with Crippen LogP contribution in [0.5, 0.6) is 0 Å². The van der Waals surface area contributed by atoms with E-state index in [1.807, 2.05) is 12.1 Å². The highest BCUT2D eigenvalue weighted by atomic mass is 35.5. The quantitative estimate of drug-likeness (QED) is 0.860. The molecule has 3 N–H and O–H groups in total. The van der Waals surface area contributed by atoms with Crippen LogP contribution >= 0.6 is 24.8 Å². The SMILES string of the molecule is CN1CCC(C(=O)N[C@H]2Cc3ccccc3[C@@H]2N)CC1.Cl.Cl. The molecule has 1 aliphatic heterocycles. The van der Waals surface area contributed by atoms with Gasteiger partial charge >= 0.3 is 0 Å². The third-order valence-corrected chi connectivity index (χ3v) is 4.70. The van der Waals surface area contributed by atoms with Gasteiger partial charge in [-0.1, -0.05) is 24.3 Å². The number of fused-ring (bicyclic) bond motifs is 1. The standard InChI is InChI=1S/C16H23N3O.2ClH/c1-19-8-6-11(7-9-19)16(20)18-14-10-12-4-2-3-5-13(12)15(14)17;;/h2-5,11,14-15H,6-10,17H2,1H3,(H,18,20);2*1H/t14-,15-;;/m0../s1. The van der Waals surface area contributed by atoms with E-state index >= 15 is 0 Å². The normalized spacial score (nSPS) is 24.8. The van der Waals surface area contributed by atoms with Gasteiger partial charge in [-0.05, 0) is 50.5 Å². The molecule has 2 aliphatic rings. The van der Waals surface area contributed by atoms with Crippen LogP contribution in [-0.4, -0.2) is 37.0 Å². The lowest BCUT2D eigenvalue weighted by Crippen LogP contribution is -2.46. The molecule has 6 heteroatoms. The smallest absolute Gasteiger partial charge is 0.223 e.